The van der Waals surface area contributed by atoms with E-state index in [4.69, 9.17) is 4.74 Å². The Kier molecular flexibility index (Phi) is 5.35. The normalized spacial score (nSPS) is 25.4. The van der Waals surface area contributed by atoms with E-state index in [0.717, 1.165) is 19.5 Å². The highest BCUT2D eigenvalue weighted by Gasteiger charge is 2.36. The van der Waals surface area contributed by atoms with E-state index in [2.05, 4.69) is 22.3 Å². The molecule has 2 aromatic carbocycles. The standard InChI is InChI=1S/C24H26FN3O4/c1-14-17-10-19(25)18(11-20(17)26-24(31)32-14)23(30)28-9-7-21(22(29)13-28)27-8-6-15-4-2-3-5-16(15)12-27/h2-5,10-11,14,21-22,29H,6-9,12-13H2,1H3,(H,26,31)/t14?,21-,22-/m0/s1. The predicted molar refractivity (Wildman–Crippen MR) is 116 cm³/mol. The molecule has 0 aliphatic carbocycles. The first-order valence-corrected chi connectivity index (χ1v) is 11.0. The molecule has 168 valence electrons. The number of carbonyl (C=O) groups is 2. The number of amides is 2. The molecule has 7 nitrogen and oxygen atoms in total. The number of carbonyl (C=O) groups excluding carboxylic acids is 2. The summed E-state index contributed by atoms with van der Waals surface area (Å²) in [5.41, 5.74) is 3.38. The number of rotatable bonds is 2. The molecule has 0 saturated carbocycles. The minimum absolute atomic E-state index is 0.0435. The van der Waals surface area contributed by atoms with Crippen molar-refractivity contribution >= 4 is 17.7 Å². The first kappa shape index (κ1) is 20.9. The lowest BCUT2D eigenvalue weighted by Crippen LogP contribution is -2.56. The van der Waals surface area contributed by atoms with Crippen LogP contribution in [0.2, 0.25) is 0 Å². The molecule has 1 unspecified atom stereocenters. The van der Waals surface area contributed by atoms with Crippen LogP contribution in [-0.4, -0.2) is 58.7 Å². The largest absolute Gasteiger partial charge is 0.441 e. The summed E-state index contributed by atoms with van der Waals surface area (Å²) in [5, 5.41) is 13.4. The minimum atomic E-state index is -0.716. The molecule has 2 amide bonds. The number of nitrogens with zero attached hydrogens (tertiary/aromatic N) is 2. The van der Waals surface area contributed by atoms with Gasteiger partial charge in [-0.25, -0.2) is 9.18 Å². The van der Waals surface area contributed by atoms with Crippen molar-refractivity contribution < 1.29 is 23.8 Å². The van der Waals surface area contributed by atoms with Crippen LogP contribution in [0.1, 0.15) is 46.5 Å². The van der Waals surface area contributed by atoms with E-state index in [1.807, 2.05) is 12.1 Å². The summed E-state index contributed by atoms with van der Waals surface area (Å²) in [6.07, 6.45) is -0.384. The minimum Gasteiger partial charge on any atom is -0.441 e. The number of piperidine rings is 1. The number of ether oxygens (including phenoxy) is 1. The SMILES string of the molecule is CC1OC(=O)Nc2cc(C(=O)N3CC[C@H](N4CCc5ccccc5C4)[C@@H](O)C3)c(F)cc21. The van der Waals surface area contributed by atoms with Gasteiger partial charge in [0.15, 0.2) is 0 Å². The summed E-state index contributed by atoms with van der Waals surface area (Å²) in [6, 6.07) is 10.9. The van der Waals surface area contributed by atoms with Gasteiger partial charge in [0.05, 0.1) is 17.4 Å². The number of anilines is 1. The number of aliphatic hydroxyl groups is 1. The highest BCUT2D eigenvalue weighted by atomic mass is 19.1. The third-order valence-electron chi connectivity index (χ3n) is 6.79. The molecule has 0 bridgehead atoms. The van der Waals surface area contributed by atoms with Crippen LogP contribution in [0.3, 0.4) is 0 Å². The third kappa shape index (κ3) is 3.73. The Morgan fingerprint density at radius 3 is 2.78 bits per heavy atom. The van der Waals surface area contributed by atoms with E-state index in [9.17, 15) is 19.1 Å². The van der Waals surface area contributed by atoms with Gasteiger partial charge in [-0.15, -0.1) is 0 Å². The molecule has 32 heavy (non-hydrogen) atoms. The lowest BCUT2D eigenvalue weighted by molar-refractivity contribution is -0.0138. The zero-order valence-electron chi connectivity index (χ0n) is 17.9. The number of β-amino-alcohol motifs (C(OH)–C–C–N with tert-alkyl or cyclic N) is 1. The first-order chi connectivity index (χ1) is 15.4. The van der Waals surface area contributed by atoms with Crippen LogP contribution in [0.5, 0.6) is 0 Å². The number of aliphatic hydroxyl groups excluding tert-OH is 1. The average molecular weight is 439 g/mol. The molecule has 8 heteroatoms. The van der Waals surface area contributed by atoms with Crippen molar-refractivity contribution in [2.75, 3.05) is 25.0 Å². The van der Waals surface area contributed by atoms with E-state index in [-0.39, 0.29) is 18.2 Å². The van der Waals surface area contributed by atoms with Gasteiger partial charge in [0.1, 0.15) is 11.9 Å². The summed E-state index contributed by atoms with van der Waals surface area (Å²) < 4.78 is 19.8. The molecule has 3 atom stereocenters. The van der Waals surface area contributed by atoms with Crippen LogP contribution < -0.4 is 5.32 Å². The van der Waals surface area contributed by atoms with E-state index < -0.39 is 30.0 Å². The average Bonchev–Trinajstić information content (AvgIpc) is 2.78. The Balaban J connectivity index is 1.29. The van der Waals surface area contributed by atoms with Crippen LogP contribution in [-0.2, 0) is 17.7 Å². The zero-order chi connectivity index (χ0) is 22.4. The number of benzene rings is 2. The molecular weight excluding hydrogens is 413 g/mol. The van der Waals surface area contributed by atoms with Gasteiger partial charge in [-0.2, -0.15) is 0 Å². The predicted octanol–water partition coefficient (Wildman–Crippen LogP) is 3.08. The topological polar surface area (TPSA) is 82.1 Å². The second-order valence-corrected chi connectivity index (χ2v) is 8.76. The van der Waals surface area contributed by atoms with Gasteiger partial charge in [0.2, 0.25) is 0 Å². The summed E-state index contributed by atoms with van der Waals surface area (Å²) in [5.74, 6) is -1.15. The molecule has 0 spiro atoms. The number of nitrogens with one attached hydrogen (secondary N) is 1. The molecule has 3 aliphatic rings. The van der Waals surface area contributed by atoms with Crippen molar-refractivity contribution in [1.82, 2.24) is 9.80 Å². The van der Waals surface area contributed by atoms with Crippen molar-refractivity contribution in [3.8, 4) is 0 Å². The fourth-order valence-corrected chi connectivity index (χ4v) is 5.06. The molecule has 3 aliphatic heterocycles. The van der Waals surface area contributed by atoms with E-state index in [0.29, 0.717) is 24.2 Å². The molecule has 1 saturated heterocycles. The lowest BCUT2D eigenvalue weighted by atomic mass is 9.93. The second kappa shape index (κ2) is 8.18. The Morgan fingerprint density at radius 2 is 2.00 bits per heavy atom. The van der Waals surface area contributed by atoms with Gasteiger partial charge >= 0.3 is 6.09 Å². The van der Waals surface area contributed by atoms with Crippen LogP contribution >= 0.6 is 0 Å². The van der Waals surface area contributed by atoms with Gasteiger partial charge in [-0.3, -0.25) is 15.0 Å². The number of likely N-dealkylation sites (tertiary alicyclic amines) is 1. The number of halogens is 1. The highest BCUT2D eigenvalue weighted by molar-refractivity contribution is 5.97. The van der Waals surface area contributed by atoms with E-state index in [1.54, 1.807) is 6.92 Å². The maximum atomic E-state index is 14.8. The van der Waals surface area contributed by atoms with Crippen molar-refractivity contribution in [2.24, 2.45) is 0 Å². The number of fused-ring (bicyclic) bond motifs is 2. The Bertz CT molecular complexity index is 1080. The zero-order valence-corrected chi connectivity index (χ0v) is 17.9. The van der Waals surface area contributed by atoms with Gasteiger partial charge in [0, 0.05) is 37.8 Å². The molecule has 0 aromatic heterocycles. The third-order valence-corrected chi connectivity index (χ3v) is 6.79. The van der Waals surface area contributed by atoms with Gasteiger partial charge < -0.3 is 14.7 Å². The molecular formula is C24H26FN3O4. The molecule has 3 heterocycles. The van der Waals surface area contributed by atoms with Crippen LogP contribution in [0.4, 0.5) is 14.9 Å². The summed E-state index contributed by atoms with van der Waals surface area (Å²) in [4.78, 5) is 28.5. The Labute approximate surface area is 185 Å². The lowest BCUT2D eigenvalue weighted by Gasteiger charge is -2.43. The van der Waals surface area contributed by atoms with Gasteiger partial charge in [-0.1, -0.05) is 24.3 Å². The number of hydrogen-bond acceptors (Lipinski definition) is 5. The van der Waals surface area contributed by atoms with Crippen LogP contribution in [0.15, 0.2) is 36.4 Å². The van der Waals surface area contributed by atoms with Crippen LogP contribution in [0, 0.1) is 5.82 Å². The first-order valence-electron chi connectivity index (χ1n) is 11.0. The van der Waals surface area contributed by atoms with E-state index >= 15 is 0 Å². The van der Waals surface area contributed by atoms with Gasteiger partial charge in [-0.05, 0) is 43.0 Å². The van der Waals surface area contributed by atoms with Crippen molar-refractivity contribution in [3.05, 3.63) is 64.5 Å². The summed E-state index contributed by atoms with van der Waals surface area (Å²) in [7, 11) is 0. The molecule has 5 rings (SSSR count). The Hall–Kier alpha value is -2.97. The highest BCUT2D eigenvalue weighted by Crippen LogP contribution is 2.33. The maximum Gasteiger partial charge on any atom is 0.412 e. The van der Waals surface area contributed by atoms with Gasteiger partial charge in [0.25, 0.3) is 5.91 Å². The number of hydrogen-bond donors (Lipinski definition) is 2. The summed E-state index contributed by atoms with van der Waals surface area (Å²) in [6.45, 7) is 3.88. The Morgan fingerprint density at radius 1 is 1.22 bits per heavy atom. The molecule has 2 aromatic rings. The van der Waals surface area contributed by atoms with Crippen molar-refractivity contribution in [1.29, 1.82) is 0 Å². The van der Waals surface area contributed by atoms with E-state index in [1.165, 1.54) is 28.2 Å². The maximum absolute atomic E-state index is 14.8. The van der Waals surface area contributed by atoms with Crippen molar-refractivity contribution in [2.45, 2.75) is 44.6 Å². The second-order valence-electron chi connectivity index (χ2n) is 8.76. The molecule has 1 fully saturated rings. The number of cyclic esters (lactones) is 1. The molecule has 0 radical (unpaired) electrons. The fourth-order valence-electron chi connectivity index (χ4n) is 5.06. The van der Waals surface area contributed by atoms with Crippen LogP contribution in [0.25, 0.3) is 0 Å². The molecule has 2 N–H and O–H groups in total. The van der Waals surface area contributed by atoms with Crippen molar-refractivity contribution in [3.63, 3.8) is 0 Å². The summed E-state index contributed by atoms with van der Waals surface area (Å²) >= 11 is 0. The monoisotopic (exact) mass is 439 g/mol. The fraction of sp³-hybridized carbons (Fsp3) is 0.417. The smallest absolute Gasteiger partial charge is 0.412 e. The quantitative estimate of drug-likeness (QED) is 0.752.